The third-order valence-electron chi connectivity index (χ3n) is 12.9. The average molecular weight is 820 g/mol. The number of furan rings is 1. The summed E-state index contributed by atoms with van der Waals surface area (Å²) in [6.45, 7) is 4.62. The minimum Gasteiger partial charge on any atom is -0.456 e. The summed E-state index contributed by atoms with van der Waals surface area (Å²) in [4.78, 5) is 16.0. The van der Waals surface area contributed by atoms with Gasteiger partial charge in [0.05, 0.1) is 0 Å². The van der Waals surface area contributed by atoms with Gasteiger partial charge in [-0.3, -0.25) is 0 Å². The highest BCUT2D eigenvalue weighted by Crippen LogP contribution is 2.52. The van der Waals surface area contributed by atoms with E-state index >= 15 is 0 Å². The Morgan fingerprint density at radius 1 is 0.328 bits per heavy atom. The van der Waals surface area contributed by atoms with Crippen molar-refractivity contribution >= 4 is 21.9 Å². The van der Waals surface area contributed by atoms with Gasteiger partial charge in [0.2, 0.25) is 0 Å². The zero-order valence-corrected chi connectivity index (χ0v) is 35.5. The highest BCUT2D eigenvalue weighted by atomic mass is 16.3. The summed E-state index contributed by atoms with van der Waals surface area (Å²) in [6, 6.07) is 74.9. The van der Waals surface area contributed by atoms with Gasteiger partial charge in [0.15, 0.2) is 17.5 Å². The molecule has 4 nitrogen and oxygen atoms in total. The zero-order valence-electron chi connectivity index (χ0n) is 35.5. The number of benzene rings is 9. The van der Waals surface area contributed by atoms with E-state index < -0.39 is 0 Å². The highest BCUT2D eigenvalue weighted by Gasteiger charge is 2.38. The first-order valence-electron chi connectivity index (χ1n) is 21.8. The Hall–Kier alpha value is -8.21. The van der Waals surface area contributed by atoms with Gasteiger partial charge in [-0.2, -0.15) is 0 Å². The second kappa shape index (κ2) is 15.0. The molecule has 0 unspecified atom stereocenters. The maximum absolute atomic E-state index is 6.54. The van der Waals surface area contributed by atoms with Gasteiger partial charge in [-0.15, -0.1) is 0 Å². The fraction of sp³-hybridized carbons (Fsp3) is 0.0500. The summed E-state index contributed by atoms with van der Waals surface area (Å²) < 4.78 is 6.54. The number of aromatic nitrogens is 3. The monoisotopic (exact) mass is 819 g/mol. The van der Waals surface area contributed by atoms with Crippen LogP contribution in [0.4, 0.5) is 0 Å². The molecule has 2 heterocycles. The van der Waals surface area contributed by atoms with Gasteiger partial charge in [0.25, 0.3) is 0 Å². The van der Waals surface area contributed by atoms with Crippen LogP contribution >= 0.6 is 0 Å². The van der Waals surface area contributed by atoms with Gasteiger partial charge in [-0.1, -0.05) is 190 Å². The summed E-state index contributed by atoms with van der Waals surface area (Å²) in [7, 11) is 0. The number of rotatable bonds is 7. The molecule has 302 valence electrons. The molecule has 1 aliphatic carbocycles. The van der Waals surface area contributed by atoms with Gasteiger partial charge in [0, 0.05) is 32.9 Å². The molecule has 4 heteroatoms. The molecule has 0 fully saturated rings. The number of hydrogen-bond acceptors (Lipinski definition) is 4. The smallest absolute Gasteiger partial charge is 0.164 e. The van der Waals surface area contributed by atoms with Crippen LogP contribution in [0.1, 0.15) is 25.0 Å². The lowest BCUT2D eigenvalue weighted by Crippen LogP contribution is -2.17. The molecule has 11 aromatic rings. The topological polar surface area (TPSA) is 51.8 Å². The Morgan fingerprint density at radius 2 is 0.797 bits per heavy atom. The fourth-order valence-electron chi connectivity index (χ4n) is 9.84. The van der Waals surface area contributed by atoms with Crippen molar-refractivity contribution in [2.24, 2.45) is 0 Å². The summed E-state index contributed by atoms with van der Waals surface area (Å²) >= 11 is 0. The zero-order chi connectivity index (χ0) is 42.8. The molecule has 0 spiro atoms. The van der Waals surface area contributed by atoms with Crippen LogP contribution in [0.25, 0.3) is 112 Å². The van der Waals surface area contributed by atoms with E-state index in [1.54, 1.807) is 0 Å². The molecule has 9 aromatic carbocycles. The number of nitrogens with zero attached hydrogens (tertiary/aromatic N) is 3. The van der Waals surface area contributed by atoms with E-state index in [1.807, 2.05) is 6.07 Å². The third kappa shape index (κ3) is 6.34. The first-order chi connectivity index (χ1) is 31.5. The Labute approximate surface area is 372 Å². The molecule has 0 saturated heterocycles. The van der Waals surface area contributed by atoms with Gasteiger partial charge in [-0.05, 0) is 103 Å². The van der Waals surface area contributed by atoms with Crippen molar-refractivity contribution in [2.45, 2.75) is 19.3 Å². The quantitative estimate of drug-likeness (QED) is 0.161. The van der Waals surface area contributed by atoms with Crippen LogP contribution in [0.5, 0.6) is 0 Å². The van der Waals surface area contributed by atoms with E-state index in [2.05, 4.69) is 220 Å². The van der Waals surface area contributed by atoms with Crippen LogP contribution in [0.3, 0.4) is 0 Å². The minimum absolute atomic E-state index is 0.254. The Balaban J connectivity index is 0.993. The first kappa shape index (κ1) is 37.5. The molecule has 0 radical (unpaired) electrons. The largest absolute Gasteiger partial charge is 0.456 e. The van der Waals surface area contributed by atoms with Crippen LogP contribution in [0.15, 0.2) is 217 Å². The van der Waals surface area contributed by atoms with Crippen LogP contribution in [0.2, 0.25) is 0 Å². The normalized spacial score (nSPS) is 12.7. The van der Waals surface area contributed by atoms with Crippen molar-refractivity contribution in [2.75, 3.05) is 0 Å². The molecule has 2 aromatic heterocycles. The molecule has 0 bridgehead atoms. The van der Waals surface area contributed by atoms with Crippen LogP contribution < -0.4 is 0 Å². The SMILES string of the molecule is CC1(C)c2ccccc2-c2cccc(-c3nc(-c4cccc(-c5cccc(-c6ccccc6)c5)c4)nc(-c4cccc(-c5ccc6c(c5)oc5cccc(-c7ccccc7)c56)c4)n3)c21. The van der Waals surface area contributed by atoms with Gasteiger partial charge < -0.3 is 4.42 Å². The first-order valence-corrected chi connectivity index (χ1v) is 21.8. The Morgan fingerprint density at radius 3 is 1.48 bits per heavy atom. The lowest BCUT2D eigenvalue weighted by atomic mass is 9.80. The molecule has 1 aliphatic rings. The lowest BCUT2D eigenvalue weighted by Gasteiger charge is -2.24. The Kier molecular flexibility index (Phi) is 8.80. The van der Waals surface area contributed by atoms with Crippen molar-refractivity contribution in [1.29, 1.82) is 0 Å². The molecule has 12 rings (SSSR count). The van der Waals surface area contributed by atoms with Crippen molar-refractivity contribution in [1.82, 2.24) is 15.0 Å². The predicted octanol–water partition coefficient (Wildman–Crippen LogP) is 15.7. The van der Waals surface area contributed by atoms with E-state index in [-0.39, 0.29) is 5.41 Å². The molecular formula is C60H41N3O. The van der Waals surface area contributed by atoms with Crippen molar-refractivity contribution in [3.05, 3.63) is 223 Å². The van der Waals surface area contributed by atoms with Gasteiger partial charge in [0.1, 0.15) is 11.2 Å². The highest BCUT2D eigenvalue weighted by molar-refractivity contribution is 6.13. The van der Waals surface area contributed by atoms with Gasteiger partial charge >= 0.3 is 0 Å². The summed E-state index contributed by atoms with van der Waals surface area (Å²) in [5, 5.41) is 2.22. The molecule has 0 saturated carbocycles. The average Bonchev–Trinajstić information content (AvgIpc) is 3.86. The molecule has 0 atom stereocenters. The van der Waals surface area contributed by atoms with Crippen molar-refractivity contribution in [3.63, 3.8) is 0 Å². The number of hydrogen-bond donors (Lipinski definition) is 0. The van der Waals surface area contributed by atoms with E-state index in [0.717, 1.165) is 66.4 Å². The van der Waals surface area contributed by atoms with E-state index in [4.69, 9.17) is 19.4 Å². The Bertz CT molecular complexity index is 3590. The second-order valence-corrected chi connectivity index (χ2v) is 17.2. The maximum Gasteiger partial charge on any atom is 0.164 e. The second-order valence-electron chi connectivity index (χ2n) is 17.2. The fourth-order valence-corrected chi connectivity index (χ4v) is 9.84. The molecule has 0 N–H and O–H groups in total. The molecule has 0 aliphatic heterocycles. The van der Waals surface area contributed by atoms with Crippen LogP contribution in [-0.4, -0.2) is 15.0 Å². The van der Waals surface area contributed by atoms with Crippen LogP contribution in [-0.2, 0) is 5.41 Å². The van der Waals surface area contributed by atoms with Gasteiger partial charge in [-0.25, -0.2) is 15.0 Å². The molecule has 0 amide bonds. The predicted molar refractivity (Wildman–Crippen MR) is 263 cm³/mol. The van der Waals surface area contributed by atoms with Crippen LogP contribution in [0, 0.1) is 0 Å². The van der Waals surface area contributed by atoms with Crippen molar-refractivity contribution < 1.29 is 4.42 Å². The van der Waals surface area contributed by atoms with Crippen molar-refractivity contribution in [3.8, 4) is 89.8 Å². The third-order valence-corrected chi connectivity index (χ3v) is 12.9. The summed E-state index contributed by atoms with van der Waals surface area (Å²) in [5.74, 6) is 1.88. The van der Waals surface area contributed by atoms with E-state index in [9.17, 15) is 0 Å². The number of fused-ring (bicyclic) bond motifs is 6. The lowest BCUT2D eigenvalue weighted by molar-refractivity contribution is 0.661. The maximum atomic E-state index is 6.54. The minimum atomic E-state index is -0.254. The van der Waals surface area contributed by atoms with E-state index in [0.29, 0.717) is 17.5 Å². The summed E-state index contributed by atoms with van der Waals surface area (Å²) in [6.07, 6.45) is 0. The van der Waals surface area contributed by atoms with E-state index in [1.165, 1.54) is 38.9 Å². The molecule has 64 heavy (non-hydrogen) atoms. The summed E-state index contributed by atoms with van der Waals surface area (Å²) in [5.41, 5.74) is 18.3. The standard InChI is InChI=1S/C60H41N3O/c1-60(2)52-30-10-9-26-48(52)49-28-14-29-51(56(49)60)59-62-57(45-24-12-22-42(35-45)41-21-11-20-40(34-41)38-16-5-3-6-17-38)61-58(63-59)46-25-13-23-43(36-46)44-32-33-50-54(37-44)64-53-31-15-27-47(55(50)53)39-18-7-4-8-19-39/h3-37H,1-2H3. The molecular weight excluding hydrogens is 779 g/mol.